The van der Waals surface area contributed by atoms with Gasteiger partial charge < -0.3 is 19.5 Å². The minimum atomic E-state index is -3.70. The van der Waals surface area contributed by atoms with E-state index in [2.05, 4.69) is 5.32 Å². The fraction of sp³-hybridized carbons (Fsp3) is 0.350. The van der Waals surface area contributed by atoms with Gasteiger partial charge in [-0.1, -0.05) is 6.07 Å². The molecular weight excluding hydrogens is 396 g/mol. The van der Waals surface area contributed by atoms with Crippen molar-refractivity contribution < 1.29 is 27.4 Å². The molecule has 0 radical (unpaired) electrons. The van der Waals surface area contributed by atoms with E-state index >= 15 is 0 Å². The summed E-state index contributed by atoms with van der Waals surface area (Å²) in [7, 11) is -0.659. The number of nitrogens with zero attached hydrogens (tertiary/aromatic N) is 1. The Labute approximate surface area is 170 Å². The molecular formula is C20H24N2O6S. The number of sulfonamides is 1. The minimum Gasteiger partial charge on any atom is -0.497 e. The van der Waals surface area contributed by atoms with Crippen molar-refractivity contribution in [2.24, 2.45) is 0 Å². The van der Waals surface area contributed by atoms with Crippen molar-refractivity contribution >= 4 is 21.6 Å². The Morgan fingerprint density at radius 1 is 1.03 bits per heavy atom. The lowest BCUT2D eigenvalue weighted by Gasteiger charge is -2.26. The zero-order valence-electron chi connectivity index (χ0n) is 16.6. The van der Waals surface area contributed by atoms with Crippen LogP contribution in [0.4, 0.5) is 5.69 Å². The molecule has 0 aliphatic carbocycles. The van der Waals surface area contributed by atoms with Crippen LogP contribution in [0.2, 0.25) is 0 Å². The van der Waals surface area contributed by atoms with Gasteiger partial charge in [-0.2, -0.15) is 4.31 Å². The van der Waals surface area contributed by atoms with Crippen molar-refractivity contribution in [2.75, 3.05) is 45.8 Å². The van der Waals surface area contributed by atoms with Gasteiger partial charge in [0.15, 0.2) is 0 Å². The Bertz CT molecular complexity index is 978. The number of morpholine rings is 1. The Morgan fingerprint density at radius 3 is 2.24 bits per heavy atom. The van der Waals surface area contributed by atoms with Crippen LogP contribution >= 0.6 is 0 Å². The van der Waals surface area contributed by atoms with Crippen LogP contribution in [-0.2, 0) is 14.8 Å². The fourth-order valence-electron chi connectivity index (χ4n) is 3.02. The monoisotopic (exact) mass is 420 g/mol. The molecule has 2 aromatic carbocycles. The molecule has 8 nitrogen and oxygen atoms in total. The van der Waals surface area contributed by atoms with Crippen molar-refractivity contribution in [2.45, 2.75) is 11.8 Å². The highest BCUT2D eigenvalue weighted by Crippen LogP contribution is 2.27. The number of amides is 1. The maximum atomic E-state index is 12.9. The second kappa shape index (κ2) is 8.81. The Morgan fingerprint density at radius 2 is 1.66 bits per heavy atom. The van der Waals surface area contributed by atoms with E-state index in [-0.39, 0.29) is 10.5 Å². The number of hydrogen-bond acceptors (Lipinski definition) is 6. The van der Waals surface area contributed by atoms with Gasteiger partial charge in [0, 0.05) is 42.5 Å². The van der Waals surface area contributed by atoms with Crippen LogP contribution in [0.1, 0.15) is 15.9 Å². The van der Waals surface area contributed by atoms with Crippen LogP contribution in [0.15, 0.2) is 41.3 Å². The summed E-state index contributed by atoms with van der Waals surface area (Å²) >= 11 is 0. The number of nitrogens with one attached hydrogen (secondary N) is 1. The third-order valence-electron chi connectivity index (χ3n) is 4.67. The molecule has 9 heteroatoms. The smallest absolute Gasteiger partial charge is 0.255 e. The molecule has 1 amide bonds. The van der Waals surface area contributed by atoms with Crippen molar-refractivity contribution in [3.8, 4) is 11.5 Å². The SMILES string of the molecule is COc1cc(NC(=O)c2cc(S(=O)(=O)N3CCOCC3)ccc2C)cc(OC)c1. The van der Waals surface area contributed by atoms with Gasteiger partial charge in [0.1, 0.15) is 11.5 Å². The molecule has 3 rings (SSSR count). The first-order valence-electron chi connectivity index (χ1n) is 9.08. The van der Waals surface area contributed by atoms with E-state index < -0.39 is 15.9 Å². The van der Waals surface area contributed by atoms with Crippen LogP contribution < -0.4 is 14.8 Å². The second-order valence-corrected chi connectivity index (χ2v) is 8.49. The molecule has 1 saturated heterocycles. The third kappa shape index (κ3) is 4.69. The van der Waals surface area contributed by atoms with Crippen LogP contribution in [0, 0.1) is 6.92 Å². The molecule has 0 spiro atoms. The van der Waals surface area contributed by atoms with Gasteiger partial charge >= 0.3 is 0 Å². The molecule has 0 aromatic heterocycles. The predicted molar refractivity (Wildman–Crippen MR) is 108 cm³/mol. The standard InChI is InChI=1S/C20H24N2O6S/c1-14-4-5-18(29(24,25)22-6-8-28-9-7-22)13-19(14)20(23)21-15-10-16(26-2)12-17(11-15)27-3/h4-5,10-13H,6-9H2,1-3H3,(H,21,23). The van der Waals surface area contributed by atoms with Gasteiger partial charge in [0.05, 0.1) is 32.3 Å². The van der Waals surface area contributed by atoms with E-state index in [0.717, 1.165) is 0 Å². The Balaban J connectivity index is 1.89. The zero-order valence-corrected chi connectivity index (χ0v) is 17.4. The van der Waals surface area contributed by atoms with E-state index in [4.69, 9.17) is 14.2 Å². The van der Waals surface area contributed by atoms with E-state index in [1.54, 1.807) is 31.2 Å². The molecule has 156 valence electrons. The summed E-state index contributed by atoms with van der Waals surface area (Å²) in [5.74, 6) is 0.636. The van der Waals surface area contributed by atoms with E-state index in [9.17, 15) is 13.2 Å². The first-order valence-corrected chi connectivity index (χ1v) is 10.5. The Kier molecular flexibility index (Phi) is 6.41. The summed E-state index contributed by atoms with van der Waals surface area (Å²) in [5, 5.41) is 2.78. The highest BCUT2D eigenvalue weighted by atomic mass is 32.2. The summed E-state index contributed by atoms with van der Waals surface area (Å²) in [6.07, 6.45) is 0. The minimum absolute atomic E-state index is 0.0818. The quantitative estimate of drug-likeness (QED) is 0.771. The molecule has 1 heterocycles. The van der Waals surface area contributed by atoms with Gasteiger partial charge in [-0.3, -0.25) is 4.79 Å². The zero-order chi connectivity index (χ0) is 21.0. The van der Waals surface area contributed by atoms with Crippen molar-refractivity contribution in [1.29, 1.82) is 0 Å². The van der Waals surface area contributed by atoms with Crippen molar-refractivity contribution in [3.05, 3.63) is 47.5 Å². The number of anilines is 1. The van der Waals surface area contributed by atoms with Crippen LogP contribution in [0.3, 0.4) is 0 Å². The largest absolute Gasteiger partial charge is 0.497 e. The lowest BCUT2D eigenvalue weighted by molar-refractivity contribution is 0.0730. The average Bonchev–Trinajstić information content (AvgIpc) is 2.74. The molecule has 2 aromatic rings. The van der Waals surface area contributed by atoms with E-state index in [0.29, 0.717) is 49.1 Å². The lowest BCUT2D eigenvalue weighted by atomic mass is 10.1. The summed E-state index contributed by atoms with van der Waals surface area (Å²) < 4.78 is 42.8. The number of carbonyl (C=O) groups excluding carboxylic acids is 1. The molecule has 1 N–H and O–H groups in total. The topological polar surface area (TPSA) is 94.2 Å². The molecule has 1 aliphatic heterocycles. The average molecular weight is 420 g/mol. The highest BCUT2D eigenvalue weighted by Gasteiger charge is 2.27. The number of ether oxygens (including phenoxy) is 3. The maximum Gasteiger partial charge on any atom is 0.255 e. The number of methoxy groups -OCH3 is 2. The van der Waals surface area contributed by atoms with Gasteiger partial charge in [0.2, 0.25) is 10.0 Å². The third-order valence-corrected chi connectivity index (χ3v) is 6.57. The van der Waals surface area contributed by atoms with Crippen LogP contribution in [0.25, 0.3) is 0 Å². The molecule has 1 aliphatic rings. The van der Waals surface area contributed by atoms with Crippen molar-refractivity contribution in [3.63, 3.8) is 0 Å². The van der Waals surface area contributed by atoms with Crippen LogP contribution in [0.5, 0.6) is 11.5 Å². The lowest BCUT2D eigenvalue weighted by Crippen LogP contribution is -2.40. The van der Waals surface area contributed by atoms with Gasteiger partial charge in [-0.25, -0.2) is 8.42 Å². The predicted octanol–water partition coefficient (Wildman–Crippen LogP) is 2.29. The number of benzene rings is 2. The number of carbonyl (C=O) groups is 1. The Hall–Kier alpha value is -2.62. The first kappa shape index (κ1) is 21.1. The number of aryl methyl sites for hydroxylation is 1. The van der Waals surface area contributed by atoms with Gasteiger partial charge in [-0.05, 0) is 24.6 Å². The first-order chi connectivity index (χ1) is 13.8. The number of rotatable bonds is 6. The van der Waals surface area contributed by atoms with Crippen LogP contribution in [-0.4, -0.2) is 59.2 Å². The summed E-state index contributed by atoms with van der Waals surface area (Å²) in [6, 6.07) is 9.57. The van der Waals surface area contributed by atoms with Crippen molar-refractivity contribution in [1.82, 2.24) is 4.31 Å². The molecule has 1 fully saturated rings. The van der Waals surface area contributed by atoms with Gasteiger partial charge in [0.25, 0.3) is 5.91 Å². The van der Waals surface area contributed by atoms with E-state index in [1.165, 1.54) is 30.7 Å². The second-order valence-electron chi connectivity index (χ2n) is 6.55. The highest BCUT2D eigenvalue weighted by molar-refractivity contribution is 7.89. The summed E-state index contributed by atoms with van der Waals surface area (Å²) in [6.45, 7) is 3.06. The number of hydrogen-bond donors (Lipinski definition) is 1. The molecule has 0 bridgehead atoms. The fourth-order valence-corrected chi connectivity index (χ4v) is 4.45. The maximum absolute atomic E-state index is 12.9. The summed E-state index contributed by atoms with van der Waals surface area (Å²) in [5.41, 5.74) is 1.42. The molecule has 0 saturated carbocycles. The van der Waals surface area contributed by atoms with E-state index in [1.807, 2.05) is 0 Å². The van der Waals surface area contributed by atoms with Gasteiger partial charge in [-0.15, -0.1) is 0 Å². The molecule has 29 heavy (non-hydrogen) atoms. The normalized spacial score (nSPS) is 15.0. The molecule has 0 unspecified atom stereocenters. The molecule has 0 atom stereocenters. The summed E-state index contributed by atoms with van der Waals surface area (Å²) in [4.78, 5) is 13.0.